The number of thiazole rings is 1. The molecule has 1 fully saturated rings. The number of H-pyrrole nitrogens is 1. The molecule has 0 spiro atoms. The summed E-state index contributed by atoms with van der Waals surface area (Å²) in [6, 6.07) is 5.55. The van der Waals surface area contributed by atoms with Gasteiger partial charge in [0.2, 0.25) is 0 Å². The number of aromatic amines is 1. The largest absolute Gasteiger partial charge is 0.390 e. The van der Waals surface area contributed by atoms with Crippen LogP contribution in [0.2, 0.25) is 0 Å². The van der Waals surface area contributed by atoms with Crippen molar-refractivity contribution in [1.29, 1.82) is 0 Å². The van der Waals surface area contributed by atoms with Crippen LogP contribution in [0.1, 0.15) is 33.3 Å². The van der Waals surface area contributed by atoms with E-state index in [4.69, 9.17) is 0 Å². The molecule has 3 heterocycles. The van der Waals surface area contributed by atoms with Crippen LogP contribution < -0.4 is 5.32 Å². The number of likely N-dealkylation sites (tertiary alicyclic amines) is 1. The van der Waals surface area contributed by atoms with Gasteiger partial charge in [-0.05, 0) is 38.0 Å². The fourth-order valence-electron chi connectivity index (χ4n) is 3.49. The number of β-amino-alcohol motifs (C(OH)–C–C–N with tert-alkyl or cyclic N) is 1. The number of benzene rings is 1. The van der Waals surface area contributed by atoms with Crippen LogP contribution in [0.5, 0.6) is 0 Å². The number of rotatable bonds is 4. The Balaban J connectivity index is 1.37. The van der Waals surface area contributed by atoms with E-state index in [1.165, 1.54) is 0 Å². The molecule has 0 aliphatic carbocycles. The Kier molecular flexibility index (Phi) is 4.94. The lowest BCUT2D eigenvalue weighted by molar-refractivity contribution is 0.0343. The summed E-state index contributed by atoms with van der Waals surface area (Å²) in [4.78, 5) is 26.6. The molecule has 0 saturated carbocycles. The van der Waals surface area contributed by atoms with Crippen LogP contribution in [-0.2, 0) is 6.54 Å². The maximum Gasteiger partial charge on any atom is 0.287 e. The third kappa shape index (κ3) is 4.02. The van der Waals surface area contributed by atoms with Crippen LogP contribution in [0.4, 0.5) is 0 Å². The molecule has 0 bridgehead atoms. The maximum atomic E-state index is 12.6. The molecule has 0 unspecified atom stereocenters. The van der Waals surface area contributed by atoms with Gasteiger partial charge in [0.25, 0.3) is 5.91 Å². The number of nitrogens with zero attached hydrogens (tertiary/aromatic N) is 3. The average Bonchev–Trinajstić information content (AvgIpc) is 3.23. The molecule has 0 radical (unpaired) electrons. The number of amides is 1. The van der Waals surface area contributed by atoms with E-state index in [1.54, 1.807) is 11.3 Å². The van der Waals surface area contributed by atoms with Gasteiger partial charge in [-0.3, -0.25) is 9.69 Å². The lowest BCUT2D eigenvalue weighted by atomic mass is 10.0. The van der Waals surface area contributed by atoms with E-state index in [9.17, 15) is 9.90 Å². The highest BCUT2D eigenvalue weighted by atomic mass is 32.1. The zero-order valence-electron chi connectivity index (χ0n) is 15.4. The molecule has 1 saturated heterocycles. The first-order valence-corrected chi connectivity index (χ1v) is 9.94. The molecule has 1 aliphatic rings. The second-order valence-electron chi connectivity index (χ2n) is 7.13. The molecular weight excluding hydrogens is 362 g/mol. The van der Waals surface area contributed by atoms with Gasteiger partial charge in [0.15, 0.2) is 5.82 Å². The van der Waals surface area contributed by atoms with Crippen molar-refractivity contribution < 1.29 is 9.90 Å². The Morgan fingerprint density at radius 1 is 1.41 bits per heavy atom. The molecule has 3 aromatic rings. The minimum absolute atomic E-state index is 0.277. The molecular formula is C19H23N5O2S. The second kappa shape index (κ2) is 7.38. The fraction of sp³-hybridized carbons (Fsp3) is 0.421. The highest BCUT2D eigenvalue weighted by Gasteiger charge is 2.30. The predicted molar refractivity (Wildman–Crippen MR) is 105 cm³/mol. The van der Waals surface area contributed by atoms with Gasteiger partial charge in [0.1, 0.15) is 0 Å². The van der Waals surface area contributed by atoms with Gasteiger partial charge in [0, 0.05) is 25.0 Å². The maximum absolute atomic E-state index is 12.6. The molecule has 27 heavy (non-hydrogen) atoms. The van der Waals surface area contributed by atoms with Crippen LogP contribution >= 0.6 is 11.3 Å². The number of aliphatic hydroxyl groups is 1. The lowest BCUT2D eigenvalue weighted by Gasteiger charge is -2.35. The van der Waals surface area contributed by atoms with Crippen LogP contribution in [-0.4, -0.2) is 56.1 Å². The number of hydrogen-bond donors (Lipinski definition) is 3. The lowest BCUT2D eigenvalue weighted by Crippen LogP contribution is -2.53. The van der Waals surface area contributed by atoms with E-state index in [-0.39, 0.29) is 17.8 Å². The minimum atomic E-state index is -0.617. The van der Waals surface area contributed by atoms with E-state index in [0.29, 0.717) is 13.0 Å². The van der Waals surface area contributed by atoms with E-state index >= 15 is 0 Å². The predicted octanol–water partition coefficient (Wildman–Crippen LogP) is 2.00. The van der Waals surface area contributed by atoms with E-state index in [0.717, 1.165) is 40.4 Å². The summed E-state index contributed by atoms with van der Waals surface area (Å²) in [5.41, 5.74) is 3.75. The number of aliphatic hydroxyl groups excluding tert-OH is 1. The smallest absolute Gasteiger partial charge is 0.287 e. The topological polar surface area (TPSA) is 94.1 Å². The first kappa shape index (κ1) is 18.1. The van der Waals surface area contributed by atoms with Crippen molar-refractivity contribution in [2.24, 2.45) is 0 Å². The quantitative estimate of drug-likeness (QED) is 0.639. The van der Waals surface area contributed by atoms with E-state index in [2.05, 4.69) is 30.5 Å². The molecule has 3 N–H and O–H groups in total. The third-order valence-corrected chi connectivity index (χ3v) is 5.71. The summed E-state index contributed by atoms with van der Waals surface area (Å²) in [5.74, 6) is -0.000318. The van der Waals surface area contributed by atoms with E-state index < -0.39 is 6.10 Å². The summed E-state index contributed by atoms with van der Waals surface area (Å²) >= 11 is 1.64. The molecule has 1 amide bonds. The summed E-state index contributed by atoms with van der Waals surface area (Å²) in [7, 11) is 0. The molecule has 7 nitrogen and oxygen atoms in total. The Labute approximate surface area is 161 Å². The number of aromatic nitrogens is 3. The third-order valence-electron chi connectivity index (χ3n) is 4.89. The van der Waals surface area contributed by atoms with Crippen LogP contribution in [0.25, 0.3) is 11.0 Å². The SMILES string of the molecule is Cc1ccc2nc(C(=O)N[C@@H]3CCN(Cc4csc(C)n4)C[C@H]3O)[nH]c2c1. The van der Waals surface area contributed by atoms with Crippen LogP contribution in [0, 0.1) is 13.8 Å². The van der Waals surface area contributed by atoms with Gasteiger partial charge in [0.05, 0.1) is 33.9 Å². The molecule has 2 aromatic heterocycles. The van der Waals surface area contributed by atoms with Crippen molar-refractivity contribution in [2.45, 2.75) is 39.0 Å². The number of carbonyl (C=O) groups is 1. The fourth-order valence-corrected chi connectivity index (χ4v) is 4.09. The van der Waals surface area contributed by atoms with Crippen LogP contribution in [0.3, 0.4) is 0 Å². The zero-order chi connectivity index (χ0) is 19.0. The van der Waals surface area contributed by atoms with Gasteiger partial charge in [-0.1, -0.05) is 6.07 Å². The Morgan fingerprint density at radius 3 is 3.00 bits per heavy atom. The van der Waals surface area contributed by atoms with Gasteiger partial charge < -0.3 is 15.4 Å². The molecule has 8 heteroatoms. The van der Waals surface area contributed by atoms with Crippen molar-refractivity contribution in [2.75, 3.05) is 13.1 Å². The average molecular weight is 385 g/mol. The molecule has 1 aliphatic heterocycles. The first-order valence-electron chi connectivity index (χ1n) is 9.06. The van der Waals surface area contributed by atoms with Crippen molar-refractivity contribution >= 4 is 28.3 Å². The summed E-state index contributed by atoms with van der Waals surface area (Å²) in [5, 5.41) is 16.5. The minimum Gasteiger partial charge on any atom is -0.390 e. The van der Waals surface area contributed by atoms with E-state index in [1.807, 2.05) is 32.0 Å². The number of fused-ring (bicyclic) bond motifs is 1. The Morgan fingerprint density at radius 2 is 2.26 bits per heavy atom. The van der Waals surface area contributed by atoms with Gasteiger partial charge in [-0.2, -0.15) is 0 Å². The molecule has 4 rings (SSSR count). The normalized spacial score (nSPS) is 20.9. The summed E-state index contributed by atoms with van der Waals surface area (Å²) < 4.78 is 0. The highest BCUT2D eigenvalue weighted by Crippen LogP contribution is 2.17. The van der Waals surface area contributed by atoms with Gasteiger partial charge in [-0.15, -0.1) is 11.3 Å². The monoisotopic (exact) mass is 385 g/mol. The number of nitrogens with one attached hydrogen (secondary N) is 2. The summed E-state index contributed by atoms with van der Waals surface area (Å²) in [6.45, 7) is 6.03. The second-order valence-corrected chi connectivity index (χ2v) is 8.20. The number of imidazole rings is 1. The van der Waals surface area contributed by atoms with Crippen LogP contribution in [0.15, 0.2) is 23.6 Å². The Hall–Kier alpha value is -2.29. The standard InChI is InChI=1S/C19H23N5O2S/c1-11-3-4-14-16(7-11)22-18(21-14)19(26)23-15-5-6-24(9-17(15)25)8-13-10-27-12(2)20-13/h3-4,7,10,15,17,25H,5-6,8-9H2,1-2H3,(H,21,22)(H,23,26)/t15-,17-/m1/s1. The van der Waals surface area contributed by atoms with Crippen molar-refractivity contribution in [3.63, 3.8) is 0 Å². The first-order chi connectivity index (χ1) is 13.0. The Bertz CT molecular complexity index is 966. The number of hydrogen-bond acceptors (Lipinski definition) is 6. The summed E-state index contributed by atoms with van der Waals surface area (Å²) in [6.07, 6.45) is 0.0732. The van der Waals surface area contributed by atoms with Crippen molar-refractivity contribution in [1.82, 2.24) is 25.2 Å². The molecule has 1 aromatic carbocycles. The van der Waals surface area contributed by atoms with Crippen molar-refractivity contribution in [3.8, 4) is 0 Å². The highest BCUT2D eigenvalue weighted by molar-refractivity contribution is 7.09. The number of piperidine rings is 1. The zero-order valence-corrected chi connectivity index (χ0v) is 16.2. The van der Waals surface area contributed by atoms with Gasteiger partial charge >= 0.3 is 0 Å². The van der Waals surface area contributed by atoms with Crippen molar-refractivity contribution in [3.05, 3.63) is 45.7 Å². The van der Waals surface area contributed by atoms with Gasteiger partial charge in [-0.25, -0.2) is 9.97 Å². The molecule has 2 atom stereocenters. The number of aryl methyl sites for hydroxylation is 2. The molecule has 142 valence electrons. The number of carbonyl (C=O) groups excluding carboxylic acids is 1.